The minimum atomic E-state index is -0.102. The molecule has 0 bridgehead atoms. The maximum Gasteiger partial charge on any atom is 0.347 e. The lowest BCUT2D eigenvalue weighted by Crippen LogP contribution is -2.25. The lowest BCUT2D eigenvalue weighted by molar-refractivity contribution is 0.530. The zero-order valence-electron chi connectivity index (χ0n) is 12.1. The molecule has 108 valence electrons. The van der Waals surface area contributed by atoms with Gasteiger partial charge in [-0.1, -0.05) is 48.0 Å². The molecule has 0 fully saturated rings. The molecular weight excluding hydrogens is 304 g/mol. The highest BCUT2D eigenvalue weighted by molar-refractivity contribution is 9.09. The van der Waals surface area contributed by atoms with Crippen LogP contribution in [-0.2, 0) is 6.54 Å². The van der Waals surface area contributed by atoms with Crippen LogP contribution in [0.3, 0.4) is 0 Å². The van der Waals surface area contributed by atoms with Gasteiger partial charge in [-0.3, -0.25) is 4.57 Å². The van der Waals surface area contributed by atoms with E-state index in [1.165, 1.54) is 38.5 Å². The summed E-state index contributed by atoms with van der Waals surface area (Å²) in [6, 6.07) is 1.97. The summed E-state index contributed by atoms with van der Waals surface area (Å²) in [5.41, 5.74) is 1.73. The van der Waals surface area contributed by atoms with E-state index in [0.717, 1.165) is 29.7 Å². The average molecular weight is 329 g/mol. The van der Waals surface area contributed by atoms with E-state index in [4.69, 9.17) is 0 Å². The number of alkyl halides is 1. The van der Waals surface area contributed by atoms with Crippen LogP contribution < -0.4 is 5.69 Å². The molecule has 19 heavy (non-hydrogen) atoms. The van der Waals surface area contributed by atoms with E-state index in [1.807, 2.05) is 19.9 Å². The van der Waals surface area contributed by atoms with Gasteiger partial charge in [-0.15, -0.1) is 0 Å². The first-order valence-electron chi connectivity index (χ1n) is 7.26. The van der Waals surface area contributed by atoms with Crippen LogP contribution in [0.25, 0.3) is 0 Å². The third-order valence-corrected chi connectivity index (χ3v) is 3.92. The van der Waals surface area contributed by atoms with Crippen molar-refractivity contribution in [2.24, 2.45) is 0 Å². The fraction of sp³-hybridized carbons (Fsp3) is 0.733. The lowest BCUT2D eigenvalue weighted by Gasteiger charge is -2.09. The molecule has 0 aromatic carbocycles. The molecule has 0 spiro atoms. The van der Waals surface area contributed by atoms with Crippen molar-refractivity contribution in [3.8, 4) is 0 Å². The molecule has 0 saturated heterocycles. The molecule has 1 aromatic heterocycles. The molecule has 0 atom stereocenters. The molecule has 3 nitrogen and oxygen atoms in total. The van der Waals surface area contributed by atoms with Gasteiger partial charge in [0.25, 0.3) is 0 Å². The molecule has 0 unspecified atom stereocenters. The molecule has 0 amide bonds. The highest BCUT2D eigenvalue weighted by Crippen LogP contribution is 2.09. The van der Waals surface area contributed by atoms with Gasteiger partial charge in [-0.25, -0.2) is 4.79 Å². The average Bonchev–Trinajstić information content (AvgIpc) is 2.35. The quantitative estimate of drug-likeness (QED) is 0.507. The second kappa shape index (κ2) is 9.29. The maximum atomic E-state index is 11.7. The summed E-state index contributed by atoms with van der Waals surface area (Å²) in [5.74, 6) is 0. The van der Waals surface area contributed by atoms with Crippen molar-refractivity contribution in [2.75, 3.05) is 5.33 Å². The van der Waals surface area contributed by atoms with E-state index >= 15 is 0 Å². The van der Waals surface area contributed by atoms with E-state index in [-0.39, 0.29) is 5.69 Å². The van der Waals surface area contributed by atoms with Crippen molar-refractivity contribution in [1.29, 1.82) is 0 Å². The molecule has 0 radical (unpaired) electrons. The van der Waals surface area contributed by atoms with Crippen LogP contribution in [0.15, 0.2) is 10.9 Å². The normalized spacial score (nSPS) is 10.9. The number of unbranched alkanes of at least 4 members (excludes halogenated alkanes) is 6. The van der Waals surface area contributed by atoms with Crippen LogP contribution in [0.5, 0.6) is 0 Å². The maximum absolute atomic E-state index is 11.7. The monoisotopic (exact) mass is 328 g/mol. The Bertz CT molecular complexity index is 429. The molecule has 0 saturated carbocycles. The van der Waals surface area contributed by atoms with Gasteiger partial charge < -0.3 is 0 Å². The summed E-state index contributed by atoms with van der Waals surface area (Å²) in [7, 11) is 0. The summed E-state index contributed by atoms with van der Waals surface area (Å²) in [4.78, 5) is 15.7. The van der Waals surface area contributed by atoms with Crippen molar-refractivity contribution in [3.05, 3.63) is 27.9 Å². The minimum Gasteiger partial charge on any atom is -0.297 e. The zero-order valence-corrected chi connectivity index (χ0v) is 13.7. The predicted octanol–water partition coefficient (Wildman–Crippen LogP) is 3.99. The van der Waals surface area contributed by atoms with Crippen LogP contribution in [0.2, 0.25) is 0 Å². The summed E-state index contributed by atoms with van der Waals surface area (Å²) in [6.45, 7) is 4.65. The summed E-state index contributed by atoms with van der Waals surface area (Å²) >= 11 is 3.45. The first-order valence-corrected chi connectivity index (χ1v) is 8.38. The molecule has 0 aliphatic heterocycles. The third-order valence-electron chi connectivity index (χ3n) is 3.36. The van der Waals surface area contributed by atoms with Crippen LogP contribution in [0.1, 0.15) is 56.3 Å². The molecule has 0 N–H and O–H groups in total. The topological polar surface area (TPSA) is 34.9 Å². The van der Waals surface area contributed by atoms with E-state index in [0.29, 0.717) is 0 Å². The second-order valence-corrected chi connectivity index (χ2v) is 5.93. The van der Waals surface area contributed by atoms with Gasteiger partial charge in [0.1, 0.15) is 0 Å². The summed E-state index contributed by atoms with van der Waals surface area (Å²) < 4.78 is 1.79. The first kappa shape index (κ1) is 16.4. The van der Waals surface area contributed by atoms with Crippen molar-refractivity contribution < 1.29 is 0 Å². The molecule has 1 aromatic rings. The third kappa shape index (κ3) is 6.37. The Labute approximate surface area is 124 Å². The van der Waals surface area contributed by atoms with Crippen LogP contribution in [0, 0.1) is 13.8 Å². The summed E-state index contributed by atoms with van der Waals surface area (Å²) in [6.07, 6.45) is 8.80. The highest BCUT2D eigenvalue weighted by Gasteiger charge is 2.02. The number of rotatable bonds is 9. The fourth-order valence-electron chi connectivity index (χ4n) is 2.29. The Morgan fingerprint density at radius 1 is 1.05 bits per heavy atom. The van der Waals surface area contributed by atoms with Gasteiger partial charge >= 0.3 is 5.69 Å². The van der Waals surface area contributed by atoms with Gasteiger partial charge in [0.15, 0.2) is 0 Å². The highest BCUT2D eigenvalue weighted by atomic mass is 79.9. The summed E-state index contributed by atoms with van der Waals surface area (Å²) in [5, 5.41) is 1.12. The molecule has 0 aliphatic carbocycles. The Balaban J connectivity index is 2.21. The minimum absolute atomic E-state index is 0.102. The zero-order chi connectivity index (χ0) is 14.1. The SMILES string of the molecule is Cc1cc(C)n(CCCCCCCCCBr)c(=O)n1. The number of aryl methyl sites for hydroxylation is 2. The Kier molecular flexibility index (Phi) is 8.03. The van der Waals surface area contributed by atoms with Crippen molar-refractivity contribution >= 4 is 15.9 Å². The van der Waals surface area contributed by atoms with E-state index in [2.05, 4.69) is 20.9 Å². The van der Waals surface area contributed by atoms with Gasteiger partial charge in [-0.05, 0) is 32.8 Å². The lowest BCUT2D eigenvalue weighted by atomic mass is 10.1. The smallest absolute Gasteiger partial charge is 0.297 e. The number of hydrogen-bond donors (Lipinski definition) is 0. The van der Waals surface area contributed by atoms with Gasteiger partial charge in [0.2, 0.25) is 0 Å². The number of aromatic nitrogens is 2. The van der Waals surface area contributed by atoms with Crippen LogP contribution in [-0.4, -0.2) is 14.9 Å². The van der Waals surface area contributed by atoms with Crippen molar-refractivity contribution in [1.82, 2.24) is 9.55 Å². The number of nitrogens with zero attached hydrogens (tertiary/aromatic N) is 2. The molecular formula is C15H25BrN2O. The molecule has 1 rings (SSSR count). The van der Waals surface area contributed by atoms with Crippen LogP contribution in [0.4, 0.5) is 0 Å². The Morgan fingerprint density at radius 3 is 2.21 bits per heavy atom. The van der Waals surface area contributed by atoms with E-state index < -0.39 is 0 Å². The second-order valence-electron chi connectivity index (χ2n) is 5.14. The van der Waals surface area contributed by atoms with Crippen molar-refractivity contribution in [3.63, 3.8) is 0 Å². The largest absolute Gasteiger partial charge is 0.347 e. The predicted molar refractivity (Wildman–Crippen MR) is 84.1 cm³/mol. The molecule has 4 heteroatoms. The first-order chi connectivity index (χ1) is 9.15. The molecule has 0 aliphatic rings. The van der Waals surface area contributed by atoms with Crippen LogP contribution >= 0.6 is 15.9 Å². The molecule has 1 heterocycles. The number of hydrogen-bond acceptors (Lipinski definition) is 2. The Hall–Kier alpha value is -0.640. The number of halogens is 1. The van der Waals surface area contributed by atoms with Gasteiger partial charge in [0, 0.05) is 23.3 Å². The Morgan fingerprint density at radius 2 is 1.63 bits per heavy atom. The van der Waals surface area contributed by atoms with Crippen molar-refractivity contribution in [2.45, 2.75) is 65.3 Å². The standard InChI is InChI=1S/C15H25BrN2O/c1-13-12-14(2)18(15(19)17-13)11-9-7-5-3-4-6-8-10-16/h12H,3-11H2,1-2H3. The fourth-order valence-corrected chi connectivity index (χ4v) is 2.69. The van der Waals surface area contributed by atoms with Gasteiger partial charge in [0.05, 0.1) is 0 Å². The van der Waals surface area contributed by atoms with Gasteiger partial charge in [-0.2, -0.15) is 4.98 Å². The van der Waals surface area contributed by atoms with E-state index in [9.17, 15) is 4.79 Å². The van der Waals surface area contributed by atoms with E-state index in [1.54, 1.807) is 4.57 Å².